The van der Waals surface area contributed by atoms with E-state index < -0.39 is 17.6 Å². The second kappa shape index (κ2) is 6.54. The van der Waals surface area contributed by atoms with Crippen molar-refractivity contribution < 1.29 is 18.3 Å². The first-order valence-electron chi connectivity index (χ1n) is 6.07. The molecule has 21 heavy (non-hydrogen) atoms. The molecule has 0 aromatic heterocycles. The Kier molecular flexibility index (Phi) is 4.75. The van der Waals surface area contributed by atoms with Gasteiger partial charge in [0.25, 0.3) is 0 Å². The summed E-state index contributed by atoms with van der Waals surface area (Å²) >= 11 is 6.00. The fourth-order valence-corrected chi connectivity index (χ4v) is 1.97. The SMILES string of the molecule is COC(=O)c1ccc(Cl)c(NCc2cccc(F)c2F)c1. The molecular formula is C15H12ClF2NO2. The van der Waals surface area contributed by atoms with Gasteiger partial charge in [-0.15, -0.1) is 0 Å². The van der Waals surface area contributed by atoms with Gasteiger partial charge in [0.15, 0.2) is 11.6 Å². The predicted molar refractivity (Wildman–Crippen MR) is 76.5 cm³/mol. The fraction of sp³-hybridized carbons (Fsp3) is 0.133. The van der Waals surface area contributed by atoms with Crippen molar-refractivity contribution in [2.45, 2.75) is 6.54 Å². The van der Waals surface area contributed by atoms with Crippen molar-refractivity contribution in [1.82, 2.24) is 0 Å². The van der Waals surface area contributed by atoms with Crippen molar-refractivity contribution >= 4 is 23.3 Å². The highest BCUT2D eigenvalue weighted by atomic mass is 35.5. The van der Waals surface area contributed by atoms with Gasteiger partial charge in [-0.3, -0.25) is 0 Å². The summed E-state index contributed by atoms with van der Waals surface area (Å²) in [6, 6.07) is 8.46. The lowest BCUT2D eigenvalue weighted by atomic mass is 10.1. The summed E-state index contributed by atoms with van der Waals surface area (Å²) in [4.78, 5) is 11.4. The van der Waals surface area contributed by atoms with Crippen LogP contribution in [0.5, 0.6) is 0 Å². The number of benzene rings is 2. The lowest BCUT2D eigenvalue weighted by Crippen LogP contribution is -2.06. The molecule has 0 unspecified atom stereocenters. The zero-order valence-corrected chi connectivity index (χ0v) is 11.9. The van der Waals surface area contributed by atoms with E-state index in [-0.39, 0.29) is 12.1 Å². The third kappa shape index (κ3) is 3.49. The number of halogens is 3. The number of ether oxygens (including phenoxy) is 1. The molecule has 0 heterocycles. The number of rotatable bonds is 4. The number of hydrogen-bond donors (Lipinski definition) is 1. The van der Waals surface area contributed by atoms with Gasteiger partial charge in [0.05, 0.1) is 23.4 Å². The Morgan fingerprint density at radius 2 is 2.05 bits per heavy atom. The van der Waals surface area contributed by atoms with Crippen LogP contribution in [-0.2, 0) is 11.3 Å². The molecule has 0 aliphatic carbocycles. The number of hydrogen-bond acceptors (Lipinski definition) is 3. The van der Waals surface area contributed by atoms with Crippen LogP contribution in [0.2, 0.25) is 5.02 Å². The first kappa shape index (κ1) is 15.3. The minimum Gasteiger partial charge on any atom is -0.465 e. The van der Waals surface area contributed by atoms with Gasteiger partial charge in [-0.25, -0.2) is 13.6 Å². The molecule has 0 saturated heterocycles. The highest BCUT2D eigenvalue weighted by Crippen LogP contribution is 2.24. The number of carbonyl (C=O) groups excluding carboxylic acids is 1. The molecule has 3 nitrogen and oxygen atoms in total. The minimum absolute atomic E-state index is 0.0357. The Hall–Kier alpha value is -2.14. The number of carbonyl (C=O) groups is 1. The van der Waals surface area contributed by atoms with E-state index in [1.165, 1.54) is 37.4 Å². The molecule has 0 aliphatic heterocycles. The molecule has 0 saturated carbocycles. The molecule has 6 heteroatoms. The highest BCUT2D eigenvalue weighted by molar-refractivity contribution is 6.33. The first-order chi connectivity index (χ1) is 10.0. The van der Waals surface area contributed by atoms with Gasteiger partial charge in [-0.2, -0.15) is 0 Å². The summed E-state index contributed by atoms with van der Waals surface area (Å²) in [6.45, 7) is 0.0357. The number of anilines is 1. The molecule has 2 rings (SSSR count). The monoisotopic (exact) mass is 311 g/mol. The van der Waals surface area contributed by atoms with Crippen LogP contribution < -0.4 is 5.32 Å². The molecule has 110 valence electrons. The Labute approximate surface area is 125 Å². The standard InChI is InChI=1S/C15H12ClF2NO2/c1-21-15(20)9-5-6-11(16)13(7-9)19-8-10-3-2-4-12(17)14(10)18/h2-7,19H,8H2,1H3. The Balaban J connectivity index is 2.19. The minimum atomic E-state index is -0.913. The van der Waals surface area contributed by atoms with E-state index in [0.29, 0.717) is 16.3 Å². The largest absolute Gasteiger partial charge is 0.465 e. The van der Waals surface area contributed by atoms with E-state index in [1.807, 2.05) is 0 Å². The van der Waals surface area contributed by atoms with Crippen molar-refractivity contribution in [2.24, 2.45) is 0 Å². The maximum absolute atomic E-state index is 13.5. The summed E-state index contributed by atoms with van der Waals surface area (Å²) in [5, 5.41) is 3.23. The van der Waals surface area contributed by atoms with E-state index in [0.717, 1.165) is 6.07 Å². The van der Waals surface area contributed by atoms with Crippen LogP contribution >= 0.6 is 11.6 Å². The summed E-state index contributed by atoms with van der Waals surface area (Å²) in [7, 11) is 1.27. The smallest absolute Gasteiger partial charge is 0.337 e. The van der Waals surface area contributed by atoms with Gasteiger partial charge in [0.1, 0.15) is 0 Å². The van der Waals surface area contributed by atoms with Crippen molar-refractivity contribution in [1.29, 1.82) is 0 Å². The van der Waals surface area contributed by atoms with E-state index in [4.69, 9.17) is 11.6 Å². The zero-order valence-electron chi connectivity index (χ0n) is 11.1. The van der Waals surface area contributed by atoms with Crippen LogP contribution in [0.4, 0.5) is 14.5 Å². The second-order valence-electron chi connectivity index (χ2n) is 4.25. The predicted octanol–water partition coefficient (Wildman–Crippen LogP) is 4.02. The molecule has 0 atom stereocenters. The third-order valence-electron chi connectivity index (χ3n) is 2.89. The zero-order chi connectivity index (χ0) is 15.4. The van der Waals surface area contributed by atoms with Gasteiger partial charge in [0, 0.05) is 12.1 Å². The molecule has 0 aliphatic rings. The van der Waals surface area contributed by atoms with Crippen LogP contribution in [0, 0.1) is 11.6 Å². The normalized spacial score (nSPS) is 10.3. The topological polar surface area (TPSA) is 38.3 Å². The molecule has 1 N–H and O–H groups in total. The summed E-state index contributed by atoms with van der Waals surface area (Å²) < 4.78 is 31.3. The highest BCUT2D eigenvalue weighted by Gasteiger charge is 2.11. The summed E-state index contributed by atoms with van der Waals surface area (Å²) in [5.74, 6) is -2.33. The Bertz CT molecular complexity index is 677. The molecule has 0 bridgehead atoms. The molecule has 2 aromatic rings. The average molecular weight is 312 g/mol. The average Bonchev–Trinajstić information content (AvgIpc) is 2.49. The van der Waals surface area contributed by atoms with Gasteiger partial charge >= 0.3 is 5.97 Å². The fourth-order valence-electron chi connectivity index (χ4n) is 1.78. The number of nitrogens with one attached hydrogen (secondary N) is 1. The molecule has 0 amide bonds. The van der Waals surface area contributed by atoms with Gasteiger partial charge in [0.2, 0.25) is 0 Å². The van der Waals surface area contributed by atoms with Gasteiger partial charge in [-0.05, 0) is 24.3 Å². The molecule has 0 fully saturated rings. The number of esters is 1. The Morgan fingerprint density at radius 3 is 2.76 bits per heavy atom. The molecule has 0 radical (unpaired) electrons. The third-order valence-corrected chi connectivity index (χ3v) is 3.22. The van der Waals surface area contributed by atoms with Gasteiger partial charge in [-0.1, -0.05) is 23.7 Å². The summed E-state index contributed by atoms with van der Waals surface area (Å²) in [6.07, 6.45) is 0. The van der Waals surface area contributed by atoms with Crippen LogP contribution in [0.1, 0.15) is 15.9 Å². The van der Waals surface area contributed by atoms with E-state index in [1.54, 1.807) is 0 Å². The van der Waals surface area contributed by atoms with E-state index in [9.17, 15) is 13.6 Å². The van der Waals surface area contributed by atoms with Crippen molar-refractivity contribution in [3.8, 4) is 0 Å². The van der Waals surface area contributed by atoms with E-state index >= 15 is 0 Å². The molecule has 0 spiro atoms. The van der Waals surface area contributed by atoms with E-state index in [2.05, 4.69) is 10.1 Å². The van der Waals surface area contributed by atoms with Crippen LogP contribution in [0.15, 0.2) is 36.4 Å². The van der Waals surface area contributed by atoms with Crippen molar-refractivity contribution in [3.05, 3.63) is 64.2 Å². The van der Waals surface area contributed by atoms with Crippen LogP contribution in [0.25, 0.3) is 0 Å². The van der Waals surface area contributed by atoms with Crippen molar-refractivity contribution in [3.63, 3.8) is 0 Å². The van der Waals surface area contributed by atoms with Gasteiger partial charge < -0.3 is 10.1 Å². The first-order valence-corrected chi connectivity index (χ1v) is 6.45. The maximum Gasteiger partial charge on any atom is 0.337 e. The lowest BCUT2D eigenvalue weighted by molar-refractivity contribution is 0.0601. The maximum atomic E-state index is 13.5. The van der Waals surface area contributed by atoms with Crippen LogP contribution in [0.3, 0.4) is 0 Å². The molecule has 2 aromatic carbocycles. The summed E-state index contributed by atoms with van der Waals surface area (Å²) in [5.41, 5.74) is 0.905. The molecular weight excluding hydrogens is 300 g/mol. The van der Waals surface area contributed by atoms with Crippen molar-refractivity contribution in [2.75, 3.05) is 12.4 Å². The quantitative estimate of drug-likeness (QED) is 0.867. The van der Waals surface area contributed by atoms with Crippen LogP contribution in [-0.4, -0.2) is 13.1 Å². The Morgan fingerprint density at radius 1 is 1.29 bits per heavy atom. The second-order valence-corrected chi connectivity index (χ2v) is 4.66. The number of methoxy groups -OCH3 is 1. The lowest BCUT2D eigenvalue weighted by Gasteiger charge is -2.10.